The maximum absolute atomic E-state index is 12.2. The van der Waals surface area contributed by atoms with Gasteiger partial charge < -0.3 is 5.32 Å². The molecule has 0 atom stereocenters. The monoisotopic (exact) mass is 326 g/mol. The zero-order chi connectivity index (χ0) is 13.9. The highest BCUT2D eigenvalue weighted by molar-refractivity contribution is 9.10. The zero-order valence-electron chi connectivity index (χ0n) is 10.5. The number of carbonyl (C=O) groups is 1. The van der Waals surface area contributed by atoms with E-state index in [1.54, 1.807) is 18.3 Å². The van der Waals surface area contributed by atoms with E-state index in [9.17, 15) is 4.79 Å². The van der Waals surface area contributed by atoms with Crippen LogP contribution in [0.15, 0.2) is 65.3 Å². The third-order valence-electron chi connectivity index (χ3n) is 2.99. The van der Waals surface area contributed by atoms with Crippen molar-refractivity contribution < 1.29 is 4.79 Å². The molecule has 1 heterocycles. The minimum Gasteiger partial charge on any atom is -0.320 e. The number of nitrogens with zero attached hydrogens (tertiary/aromatic N) is 1. The van der Waals surface area contributed by atoms with Crippen LogP contribution in [0.5, 0.6) is 0 Å². The molecule has 0 aliphatic heterocycles. The number of pyridine rings is 1. The molecule has 0 radical (unpaired) electrons. The number of fused-ring (bicyclic) bond motifs is 1. The Morgan fingerprint density at radius 2 is 1.75 bits per heavy atom. The second-order valence-electron chi connectivity index (χ2n) is 4.34. The van der Waals surface area contributed by atoms with Crippen LogP contribution in [0.3, 0.4) is 0 Å². The first-order chi connectivity index (χ1) is 9.74. The van der Waals surface area contributed by atoms with Crippen LogP contribution >= 0.6 is 15.9 Å². The summed E-state index contributed by atoms with van der Waals surface area (Å²) in [6.07, 6.45) is 1.72. The van der Waals surface area contributed by atoms with Crippen LogP contribution in [-0.4, -0.2) is 10.9 Å². The van der Waals surface area contributed by atoms with Gasteiger partial charge in [0.15, 0.2) is 0 Å². The normalized spacial score (nSPS) is 10.4. The molecule has 98 valence electrons. The van der Waals surface area contributed by atoms with Crippen LogP contribution in [0.1, 0.15) is 10.4 Å². The van der Waals surface area contributed by atoms with Gasteiger partial charge in [-0.25, -0.2) is 0 Å². The Labute approximate surface area is 124 Å². The fourth-order valence-electron chi connectivity index (χ4n) is 2.00. The van der Waals surface area contributed by atoms with Crippen LogP contribution < -0.4 is 5.32 Å². The average molecular weight is 327 g/mol. The van der Waals surface area contributed by atoms with Gasteiger partial charge in [0, 0.05) is 21.6 Å². The van der Waals surface area contributed by atoms with E-state index in [0.29, 0.717) is 5.56 Å². The Bertz CT molecular complexity index is 764. The number of benzene rings is 2. The Morgan fingerprint density at radius 1 is 1.00 bits per heavy atom. The molecule has 0 spiro atoms. The van der Waals surface area contributed by atoms with Gasteiger partial charge in [-0.1, -0.05) is 34.1 Å². The summed E-state index contributed by atoms with van der Waals surface area (Å²) in [7, 11) is 0. The molecule has 3 rings (SSSR count). The molecule has 0 unspecified atom stereocenters. The molecular formula is C16H11BrN2O. The van der Waals surface area contributed by atoms with E-state index >= 15 is 0 Å². The molecule has 20 heavy (non-hydrogen) atoms. The number of para-hydroxylation sites is 1. The van der Waals surface area contributed by atoms with Gasteiger partial charge in [-0.15, -0.1) is 0 Å². The third kappa shape index (κ3) is 2.56. The molecule has 1 amide bonds. The largest absolute Gasteiger partial charge is 0.320 e. The van der Waals surface area contributed by atoms with Crippen LogP contribution in [-0.2, 0) is 0 Å². The number of nitrogens with one attached hydrogen (secondary N) is 1. The Kier molecular flexibility index (Phi) is 3.48. The summed E-state index contributed by atoms with van der Waals surface area (Å²) < 4.78 is 0.945. The number of carbonyl (C=O) groups excluding carboxylic acids is 1. The third-order valence-corrected chi connectivity index (χ3v) is 3.52. The van der Waals surface area contributed by atoms with Crippen molar-refractivity contribution in [2.45, 2.75) is 0 Å². The lowest BCUT2D eigenvalue weighted by molar-refractivity contribution is 0.102. The average Bonchev–Trinajstić information content (AvgIpc) is 2.48. The second kappa shape index (κ2) is 5.43. The maximum Gasteiger partial charge on any atom is 0.255 e. The van der Waals surface area contributed by atoms with Gasteiger partial charge in [0.25, 0.3) is 5.91 Å². The highest BCUT2D eigenvalue weighted by Gasteiger charge is 2.08. The summed E-state index contributed by atoms with van der Waals surface area (Å²) in [5.74, 6) is -0.143. The summed E-state index contributed by atoms with van der Waals surface area (Å²) in [5, 5.41) is 3.90. The first-order valence-electron chi connectivity index (χ1n) is 6.15. The second-order valence-corrected chi connectivity index (χ2v) is 5.26. The number of hydrogen-bond acceptors (Lipinski definition) is 2. The van der Waals surface area contributed by atoms with Crippen molar-refractivity contribution in [2.75, 3.05) is 5.32 Å². The quantitative estimate of drug-likeness (QED) is 0.764. The number of rotatable bonds is 2. The van der Waals surface area contributed by atoms with Crippen LogP contribution in [0, 0.1) is 0 Å². The first kappa shape index (κ1) is 12.8. The van der Waals surface area contributed by atoms with Gasteiger partial charge in [-0.2, -0.15) is 0 Å². The predicted octanol–water partition coefficient (Wildman–Crippen LogP) is 4.25. The molecule has 0 aliphatic carbocycles. The molecular weight excluding hydrogens is 316 g/mol. The fourth-order valence-corrected chi connectivity index (χ4v) is 2.27. The molecule has 0 aliphatic rings. The Balaban J connectivity index is 1.93. The minimum absolute atomic E-state index is 0.143. The Hall–Kier alpha value is -2.20. The molecule has 0 saturated heterocycles. The summed E-state index contributed by atoms with van der Waals surface area (Å²) in [4.78, 5) is 16.5. The molecule has 0 saturated carbocycles. The topological polar surface area (TPSA) is 42.0 Å². The number of halogens is 1. The van der Waals surface area contributed by atoms with Gasteiger partial charge >= 0.3 is 0 Å². The van der Waals surface area contributed by atoms with Gasteiger partial charge in [0.1, 0.15) is 0 Å². The zero-order valence-corrected chi connectivity index (χ0v) is 12.1. The molecule has 1 aromatic heterocycles. The standard InChI is InChI=1S/C16H11BrN2O/c17-13-8-6-12(7-9-13)16(20)19-14-5-1-3-11-4-2-10-18-15(11)14/h1-10H,(H,19,20). The number of anilines is 1. The van der Waals surface area contributed by atoms with Crippen molar-refractivity contribution in [1.82, 2.24) is 4.98 Å². The maximum atomic E-state index is 12.2. The van der Waals surface area contributed by atoms with E-state index in [-0.39, 0.29) is 5.91 Å². The van der Waals surface area contributed by atoms with E-state index in [0.717, 1.165) is 21.1 Å². The lowest BCUT2D eigenvalue weighted by Crippen LogP contribution is -2.12. The molecule has 3 nitrogen and oxygen atoms in total. The molecule has 4 heteroatoms. The van der Waals surface area contributed by atoms with Crippen LogP contribution in [0.4, 0.5) is 5.69 Å². The van der Waals surface area contributed by atoms with E-state index in [2.05, 4.69) is 26.2 Å². The van der Waals surface area contributed by atoms with Gasteiger partial charge in [-0.05, 0) is 36.4 Å². The number of hydrogen-bond donors (Lipinski definition) is 1. The molecule has 0 fully saturated rings. The SMILES string of the molecule is O=C(Nc1cccc2cccnc12)c1ccc(Br)cc1. The first-order valence-corrected chi connectivity index (χ1v) is 6.94. The van der Waals surface area contributed by atoms with Crippen molar-refractivity contribution >= 4 is 38.4 Å². The van der Waals surface area contributed by atoms with E-state index in [4.69, 9.17) is 0 Å². The Morgan fingerprint density at radius 3 is 2.55 bits per heavy atom. The summed E-state index contributed by atoms with van der Waals surface area (Å²) >= 11 is 3.35. The number of amides is 1. The molecule has 1 N–H and O–H groups in total. The van der Waals surface area contributed by atoms with E-state index in [1.807, 2.05) is 42.5 Å². The molecule has 2 aromatic carbocycles. The molecule has 3 aromatic rings. The summed E-state index contributed by atoms with van der Waals surface area (Å²) in [6.45, 7) is 0. The summed E-state index contributed by atoms with van der Waals surface area (Å²) in [5.41, 5.74) is 2.12. The van der Waals surface area contributed by atoms with Crippen LogP contribution in [0.25, 0.3) is 10.9 Å². The van der Waals surface area contributed by atoms with Crippen molar-refractivity contribution in [2.24, 2.45) is 0 Å². The minimum atomic E-state index is -0.143. The van der Waals surface area contributed by atoms with Crippen molar-refractivity contribution in [3.8, 4) is 0 Å². The highest BCUT2D eigenvalue weighted by atomic mass is 79.9. The fraction of sp³-hybridized carbons (Fsp3) is 0. The summed E-state index contributed by atoms with van der Waals surface area (Å²) in [6, 6.07) is 16.8. The lowest BCUT2D eigenvalue weighted by Gasteiger charge is -2.08. The smallest absolute Gasteiger partial charge is 0.255 e. The highest BCUT2D eigenvalue weighted by Crippen LogP contribution is 2.21. The lowest BCUT2D eigenvalue weighted by atomic mass is 10.1. The number of aromatic nitrogens is 1. The van der Waals surface area contributed by atoms with Crippen LogP contribution in [0.2, 0.25) is 0 Å². The van der Waals surface area contributed by atoms with E-state index < -0.39 is 0 Å². The van der Waals surface area contributed by atoms with E-state index in [1.165, 1.54) is 0 Å². The van der Waals surface area contributed by atoms with Gasteiger partial charge in [0.2, 0.25) is 0 Å². The predicted molar refractivity (Wildman–Crippen MR) is 83.8 cm³/mol. The van der Waals surface area contributed by atoms with Gasteiger partial charge in [-0.3, -0.25) is 9.78 Å². The van der Waals surface area contributed by atoms with Gasteiger partial charge in [0.05, 0.1) is 11.2 Å². The molecule has 0 bridgehead atoms. The van der Waals surface area contributed by atoms with Crippen molar-refractivity contribution in [1.29, 1.82) is 0 Å². The van der Waals surface area contributed by atoms with Crippen molar-refractivity contribution in [3.05, 3.63) is 70.8 Å². The van der Waals surface area contributed by atoms with Crippen molar-refractivity contribution in [3.63, 3.8) is 0 Å².